The first-order valence-electron chi connectivity index (χ1n) is 5.29. The molecule has 0 aliphatic rings. The van der Waals surface area contributed by atoms with Crippen LogP contribution in [0.1, 0.15) is 5.56 Å². The van der Waals surface area contributed by atoms with Crippen molar-refractivity contribution in [3.05, 3.63) is 40.9 Å². The van der Waals surface area contributed by atoms with Crippen LogP contribution in [0.2, 0.25) is 5.02 Å². The lowest BCUT2D eigenvalue weighted by molar-refractivity contribution is -0.116. The van der Waals surface area contributed by atoms with E-state index in [9.17, 15) is 18.0 Å². The van der Waals surface area contributed by atoms with Crippen molar-refractivity contribution < 1.29 is 18.0 Å². The molecular weight excluding hydrogens is 299 g/mol. The van der Waals surface area contributed by atoms with E-state index in [1.54, 1.807) is 24.3 Å². The molecule has 2 nitrogen and oxygen atoms in total. The quantitative estimate of drug-likeness (QED) is 0.663. The summed E-state index contributed by atoms with van der Waals surface area (Å²) in [7, 11) is 0. The maximum Gasteiger partial charge on any atom is 0.441 e. The number of carbonyl (C=O) groups excluding carboxylic acids is 1. The first-order valence-corrected chi connectivity index (χ1v) is 6.66. The van der Waals surface area contributed by atoms with Crippen molar-refractivity contribution >= 4 is 35.3 Å². The highest BCUT2D eigenvalue weighted by Gasteiger charge is 2.27. The van der Waals surface area contributed by atoms with Crippen LogP contribution in [0.25, 0.3) is 6.08 Å². The molecule has 104 valence electrons. The van der Waals surface area contributed by atoms with Crippen LogP contribution in [0, 0.1) is 0 Å². The zero-order chi connectivity index (χ0) is 14.3. The number of hydrogen-bond acceptors (Lipinski definition) is 2. The molecule has 1 amide bonds. The molecular formula is C12H11ClF3NOS. The summed E-state index contributed by atoms with van der Waals surface area (Å²) in [6, 6.07) is 6.93. The van der Waals surface area contributed by atoms with Crippen LogP contribution < -0.4 is 5.32 Å². The zero-order valence-corrected chi connectivity index (χ0v) is 11.3. The smallest absolute Gasteiger partial charge is 0.352 e. The maximum atomic E-state index is 11.8. The number of carbonyl (C=O) groups is 1. The van der Waals surface area contributed by atoms with Crippen LogP contribution in [-0.2, 0) is 4.79 Å². The molecule has 1 aromatic carbocycles. The van der Waals surface area contributed by atoms with Gasteiger partial charge in [-0.25, -0.2) is 0 Å². The summed E-state index contributed by atoms with van der Waals surface area (Å²) in [5.74, 6) is -0.669. The lowest BCUT2D eigenvalue weighted by Crippen LogP contribution is -2.24. The molecule has 0 atom stereocenters. The predicted octanol–water partition coefficient (Wildman–Crippen LogP) is 3.72. The Morgan fingerprint density at radius 1 is 1.37 bits per heavy atom. The van der Waals surface area contributed by atoms with Crippen molar-refractivity contribution in [2.75, 3.05) is 12.3 Å². The van der Waals surface area contributed by atoms with Gasteiger partial charge in [-0.3, -0.25) is 4.79 Å². The Balaban J connectivity index is 2.34. The van der Waals surface area contributed by atoms with Crippen LogP contribution in [0.4, 0.5) is 13.2 Å². The van der Waals surface area contributed by atoms with Gasteiger partial charge in [-0.1, -0.05) is 29.8 Å². The number of nitrogens with one attached hydrogen (secondary N) is 1. The first-order chi connectivity index (χ1) is 8.88. The van der Waals surface area contributed by atoms with Crippen LogP contribution in [-0.4, -0.2) is 23.7 Å². The topological polar surface area (TPSA) is 29.1 Å². The molecule has 1 rings (SSSR count). The molecule has 0 aromatic heterocycles. The lowest BCUT2D eigenvalue weighted by atomic mass is 10.2. The molecule has 7 heteroatoms. The van der Waals surface area contributed by atoms with Gasteiger partial charge >= 0.3 is 5.51 Å². The summed E-state index contributed by atoms with van der Waals surface area (Å²) in [4.78, 5) is 11.3. The van der Waals surface area contributed by atoms with Crippen molar-refractivity contribution in [3.8, 4) is 0 Å². The Kier molecular flexibility index (Phi) is 6.24. The normalized spacial score (nSPS) is 11.8. The highest BCUT2D eigenvalue weighted by molar-refractivity contribution is 8.00. The maximum absolute atomic E-state index is 11.8. The van der Waals surface area contributed by atoms with Crippen molar-refractivity contribution in [3.63, 3.8) is 0 Å². The van der Waals surface area contributed by atoms with Gasteiger partial charge in [-0.15, -0.1) is 0 Å². The third-order valence-corrected chi connectivity index (χ3v) is 3.07. The van der Waals surface area contributed by atoms with Gasteiger partial charge in [0.05, 0.1) is 0 Å². The van der Waals surface area contributed by atoms with E-state index < -0.39 is 11.4 Å². The largest absolute Gasteiger partial charge is 0.441 e. The molecule has 0 radical (unpaired) electrons. The number of rotatable bonds is 5. The molecule has 0 spiro atoms. The molecule has 0 fully saturated rings. The highest BCUT2D eigenvalue weighted by atomic mass is 35.5. The van der Waals surface area contributed by atoms with Gasteiger partial charge in [0.1, 0.15) is 0 Å². The third-order valence-electron chi connectivity index (χ3n) is 1.99. The Bertz CT molecular complexity index is 463. The minimum absolute atomic E-state index is 0.0458. The number of benzene rings is 1. The number of hydrogen-bond donors (Lipinski definition) is 1. The van der Waals surface area contributed by atoms with E-state index >= 15 is 0 Å². The molecule has 0 bridgehead atoms. The Morgan fingerprint density at radius 3 is 2.68 bits per heavy atom. The molecule has 19 heavy (non-hydrogen) atoms. The average Bonchev–Trinajstić information content (AvgIpc) is 2.32. The van der Waals surface area contributed by atoms with E-state index in [0.717, 1.165) is 0 Å². The van der Waals surface area contributed by atoms with Crippen molar-refractivity contribution in [2.45, 2.75) is 5.51 Å². The van der Waals surface area contributed by atoms with Crippen LogP contribution >= 0.6 is 23.4 Å². The number of alkyl halides is 3. The van der Waals surface area contributed by atoms with Gasteiger partial charge in [-0.2, -0.15) is 13.2 Å². The molecule has 0 aliphatic heterocycles. The SMILES string of the molecule is O=C(C=Cc1ccccc1Cl)NCCSC(F)(F)F. The standard InChI is InChI=1S/C12H11ClF3NOS/c13-10-4-2-1-3-9(10)5-6-11(18)17-7-8-19-12(14,15)16/h1-6H,7-8H2,(H,17,18). The Hall–Kier alpha value is -1.14. The molecule has 0 saturated heterocycles. The number of halogens is 4. The molecule has 0 heterocycles. The molecule has 0 aliphatic carbocycles. The summed E-state index contributed by atoms with van der Waals surface area (Å²) in [5.41, 5.74) is -3.60. The van der Waals surface area contributed by atoms with E-state index in [1.807, 2.05) is 0 Å². The summed E-state index contributed by atoms with van der Waals surface area (Å²) in [6.07, 6.45) is 2.74. The minimum atomic E-state index is -4.27. The van der Waals surface area contributed by atoms with Gasteiger partial charge in [0.2, 0.25) is 5.91 Å². The second-order valence-electron chi connectivity index (χ2n) is 3.44. The fourth-order valence-corrected chi connectivity index (χ4v) is 1.81. The van der Waals surface area contributed by atoms with Gasteiger partial charge in [-0.05, 0) is 29.5 Å². The highest BCUT2D eigenvalue weighted by Crippen LogP contribution is 2.29. The Labute approximate surface area is 118 Å². The van der Waals surface area contributed by atoms with E-state index in [0.29, 0.717) is 10.6 Å². The summed E-state index contributed by atoms with van der Waals surface area (Å²) < 4.78 is 35.4. The fourth-order valence-electron chi connectivity index (χ4n) is 1.18. The third kappa shape index (κ3) is 7.12. The zero-order valence-electron chi connectivity index (χ0n) is 9.71. The van der Waals surface area contributed by atoms with Gasteiger partial charge < -0.3 is 5.32 Å². The molecule has 1 aromatic rings. The van der Waals surface area contributed by atoms with E-state index in [-0.39, 0.29) is 24.1 Å². The van der Waals surface area contributed by atoms with Gasteiger partial charge in [0, 0.05) is 23.4 Å². The van der Waals surface area contributed by atoms with Crippen LogP contribution in [0.5, 0.6) is 0 Å². The predicted molar refractivity (Wildman–Crippen MR) is 72.0 cm³/mol. The van der Waals surface area contributed by atoms with E-state index in [4.69, 9.17) is 11.6 Å². The van der Waals surface area contributed by atoms with Crippen LogP contribution in [0.15, 0.2) is 30.3 Å². The number of amides is 1. The summed E-state index contributed by atoms with van der Waals surface area (Å²) in [5, 5.41) is 2.85. The van der Waals surface area contributed by atoms with E-state index in [1.165, 1.54) is 12.2 Å². The van der Waals surface area contributed by atoms with E-state index in [2.05, 4.69) is 5.32 Å². The fraction of sp³-hybridized carbons (Fsp3) is 0.250. The Morgan fingerprint density at radius 2 is 2.05 bits per heavy atom. The number of thioether (sulfide) groups is 1. The first kappa shape index (κ1) is 15.9. The van der Waals surface area contributed by atoms with Crippen molar-refractivity contribution in [1.82, 2.24) is 5.32 Å². The van der Waals surface area contributed by atoms with Gasteiger partial charge in [0.15, 0.2) is 0 Å². The lowest BCUT2D eigenvalue weighted by Gasteiger charge is -2.05. The molecule has 1 N–H and O–H groups in total. The monoisotopic (exact) mass is 309 g/mol. The second kappa shape index (κ2) is 7.45. The van der Waals surface area contributed by atoms with Crippen molar-refractivity contribution in [2.24, 2.45) is 0 Å². The molecule has 0 unspecified atom stereocenters. The second-order valence-corrected chi connectivity index (χ2v) is 5.01. The van der Waals surface area contributed by atoms with Crippen molar-refractivity contribution in [1.29, 1.82) is 0 Å². The van der Waals surface area contributed by atoms with Crippen LogP contribution in [0.3, 0.4) is 0 Å². The summed E-state index contributed by atoms with van der Waals surface area (Å²) in [6.45, 7) is -0.0458. The molecule has 0 saturated carbocycles. The average molecular weight is 310 g/mol. The van der Waals surface area contributed by atoms with Gasteiger partial charge in [0.25, 0.3) is 0 Å². The minimum Gasteiger partial charge on any atom is -0.352 e. The summed E-state index contributed by atoms with van der Waals surface area (Å²) >= 11 is 5.71.